The van der Waals surface area contributed by atoms with Gasteiger partial charge in [0.25, 0.3) is 0 Å². The Labute approximate surface area is 110 Å². The molecular weight excluding hydrogens is 250 g/mol. The fourth-order valence-electron chi connectivity index (χ4n) is 1.47. The molecule has 2 aromatic rings. The van der Waals surface area contributed by atoms with Gasteiger partial charge in [0, 0.05) is 6.20 Å². The molecule has 0 bridgehead atoms. The lowest BCUT2D eigenvalue weighted by molar-refractivity contribution is -0.117. The van der Waals surface area contributed by atoms with E-state index >= 15 is 0 Å². The molecule has 1 aromatic carbocycles. The van der Waals surface area contributed by atoms with E-state index in [1.54, 1.807) is 24.3 Å². The van der Waals surface area contributed by atoms with E-state index in [0.717, 1.165) is 5.56 Å². The Kier molecular flexibility index (Phi) is 3.92. The summed E-state index contributed by atoms with van der Waals surface area (Å²) < 4.78 is 0. The zero-order valence-corrected chi connectivity index (χ0v) is 10.3. The third kappa shape index (κ3) is 3.06. The maximum absolute atomic E-state index is 11.9. The van der Waals surface area contributed by atoms with Crippen LogP contribution in [0.3, 0.4) is 0 Å². The number of aromatic nitrogens is 1. The van der Waals surface area contributed by atoms with Crippen molar-refractivity contribution in [2.45, 2.75) is 6.04 Å². The van der Waals surface area contributed by atoms with Gasteiger partial charge >= 0.3 is 0 Å². The van der Waals surface area contributed by atoms with Crippen molar-refractivity contribution in [3.8, 4) is 0 Å². The van der Waals surface area contributed by atoms with Crippen molar-refractivity contribution < 1.29 is 4.79 Å². The van der Waals surface area contributed by atoms with Crippen LogP contribution in [-0.4, -0.2) is 10.9 Å². The first-order valence-corrected chi connectivity index (χ1v) is 5.77. The lowest BCUT2D eigenvalue weighted by Gasteiger charge is -2.11. The van der Waals surface area contributed by atoms with Gasteiger partial charge in [-0.2, -0.15) is 0 Å². The van der Waals surface area contributed by atoms with Gasteiger partial charge in [0.15, 0.2) is 0 Å². The van der Waals surface area contributed by atoms with Gasteiger partial charge < -0.3 is 11.1 Å². The molecule has 18 heavy (non-hydrogen) atoms. The Balaban J connectivity index is 2.06. The molecule has 92 valence electrons. The van der Waals surface area contributed by atoms with Crippen molar-refractivity contribution in [3.05, 3.63) is 59.2 Å². The number of rotatable bonds is 3. The summed E-state index contributed by atoms with van der Waals surface area (Å²) in [5.74, 6) is 0.117. The number of nitrogens with zero attached hydrogens (tertiary/aromatic N) is 1. The number of nitrogens with one attached hydrogen (secondary N) is 1. The first kappa shape index (κ1) is 12.5. The molecular formula is C13H12ClN3O. The fraction of sp³-hybridized carbons (Fsp3) is 0.0769. The topological polar surface area (TPSA) is 68.0 Å². The molecule has 3 N–H and O–H groups in total. The van der Waals surface area contributed by atoms with Gasteiger partial charge in [-0.3, -0.25) is 4.79 Å². The van der Waals surface area contributed by atoms with Crippen molar-refractivity contribution in [2.75, 3.05) is 5.32 Å². The van der Waals surface area contributed by atoms with Gasteiger partial charge in [0.1, 0.15) is 11.9 Å². The molecule has 1 atom stereocenters. The van der Waals surface area contributed by atoms with E-state index in [1.807, 2.05) is 18.2 Å². The predicted molar refractivity (Wildman–Crippen MR) is 71.2 cm³/mol. The highest BCUT2D eigenvalue weighted by Crippen LogP contribution is 2.13. The number of carbonyl (C=O) groups is 1. The molecule has 2 rings (SSSR count). The van der Waals surface area contributed by atoms with Crippen LogP contribution in [0.1, 0.15) is 11.6 Å². The normalized spacial score (nSPS) is 11.9. The third-order valence-electron chi connectivity index (χ3n) is 2.42. The number of carbonyl (C=O) groups excluding carboxylic acids is 1. The van der Waals surface area contributed by atoms with Crippen LogP contribution >= 0.6 is 11.6 Å². The Bertz CT molecular complexity index is 528. The highest BCUT2D eigenvalue weighted by molar-refractivity contribution is 6.30. The number of halogens is 1. The van der Waals surface area contributed by atoms with E-state index in [1.165, 1.54) is 6.20 Å². The van der Waals surface area contributed by atoms with Crippen molar-refractivity contribution in [1.29, 1.82) is 0 Å². The summed E-state index contributed by atoms with van der Waals surface area (Å²) in [6.45, 7) is 0. The highest BCUT2D eigenvalue weighted by Gasteiger charge is 2.15. The molecule has 4 nitrogen and oxygen atoms in total. The molecule has 0 aliphatic rings. The number of pyridine rings is 1. The zero-order chi connectivity index (χ0) is 13.0. The summed E-state index contributed by atoms with van der Waals surface area (Å²) in [6, 6.07) is 11.7. The molecule has 0 saturated heterocycles. The molecule has 0 aliphatic heterocycles. The molecule has 0 spiro atoms. The second-order valence-corrected chi connectivity index (χ2v) is 4.18. The van der Waals surface area contributed by atoms with E-state index in [2.05, 4.69) is 10.3 Å². The first-order valence-electron chi connectivity index (χ1n) is 5.40. The summed E-state index contributed by atoms with van der Waals surface area (Å²) in [6.07, 6.45) is 1.46. The molecule has 0 aliphatic carbocycles. The van der Waals surface area contributed by atoms with Crippen LogP contribution in [0.5, 0.6) is 0 Å². The summed E-state index contributed by atoms with van der Waals surface area (Å²) >= 11 is 5.71. The third-order valence-corrected chi connectivity index (χ3v) is 2.64. The van der Waals surface area contributed by atoms with E-state index in [4.69, 9.17) is 17.3 Å². The number of anilines is 1. The van der Waals surface area contributed by atoms with E-state index < -0.39 is 6.04 Å². The second kappa shape index (κ2) is 5.62. The van der Waals surface area contributed by atoms with Crippen molar-refractivity contribution in [3.63, 3.8) is 0 Å². The van der Waals surface area contributed by atoms with E-state index in [0.29, 0.717) is 10.8 Å². The minimum atomic E-state index is -0.719. The van der Waals surface area contributed by atoms with Crippen LogP contribution < -0.4 is 11.1 Å². The first-order chi connectivity index (χ1) is 8.66. The largest absolute Gasteiger partial charge is 0.316 e. The van der Waals surface area contributed by atoms with Crippen LogP contribution in [0, 0.1) is 0 Å². The summed E-state index contributed by atoms with van der Waals surface area (Å²) in [5.41, 5.74) is 6.60. The minimum Gasteiger partial charge on any atom is -0.316 e. The smallest absolute Gasteiger partial charge is 0.247 e. The van der Waals surface area contributed by atoms with Crippen LogP contribution in [0.25, 0.3) is 0 Å². The Hall–Kier alpha value is -1.91. The standard InChI is InChI=1S/C13H12ClN3O/c14-10-6-7-11(16-8-10)17-13(18)12(15)9-4-2-1-3-5-9/h1-8,12H,15H2,(H,16,17,18)/t12-/m0/s1. The average molecular weight is 262 g/mol. The Morgan fingerprint density at radius 1 is 1.22 bits per heavy atom. The number of hydrogen-bond donors (Lipinski definition) is 2. The second-order valence-electron chi connectivity index (χ2n) is 3.74. The van der Waals surface area contributed by atoms with E-state index in [-0.39, 0.29) is 5.91 Å². The van der Waals surface area contributed by atoms with Gasteiger partial charge in [0.2, 0.25) is 5.91 Å². The maximum atomic E-state index is 11.9. The van der Waals surface area contributed by atoms with Crippen LogP contribution in [0.15, 0.2) is 48.7 Å². The molecule has 0 saturated carbocycles. The van der Waals surface area contributed by atoms with Crippen molar-refractivity contribution >= 4 is 23.3 Å². The molecule has 1 aromatic heterocycles. The number of nitrogens with two attached hydrogens (primary N) is 1. The molecule has 1 amide bonds. The quantitative estimate of drug-likeness (QED) is 0.891. The van der Waals surface area contributed by atoms with Crippen molar-refractivity contribution in [1.82, 2.24) is 4.98 Å². The van der Waals surface area contributed by atoms with Crippen LogP contribution in [0.4, 0.5) is 5.82 Å². The van der Waals surface area contributed by atoms with Crippen LogP contribution in [-0.2, 0) is 4.79 Å². The SMILES string of the molecule is N[C@H](C(=O)Nc1ccc(Cl)cn1)c1ccccc1. The maximum Gasteiger partial charge on any atom is 0.247 e. The van der Waals surface area contributed by atoms with Gasteiger partial charge in [-0.25, -0.2) is 4.98 Å². The van der Waals surface area contributed by atoms with Gasteiger partial charge in [-0.15, -0.1) is 0 Å². The van der Waals surface area contributed by atoms with Crippen molar-refractivity contribution in [2.24, 2.45) is 5.73 Å². The summed E-state index contributed by atoms with van der Waals surface area (Å²) in [5, 5.41) is 3.15. The lowest BCUT2D eigenvalue weighted by Crippen LogP contribution is -2.27. The lowest BCUT2D eigenvalue weighted by atomic mass is 10.1. The monoisotopic (exact) mass is 261 g/mol. The Morgan fingerprint density at radius 2 is 1.94 bits per heavy atom. The number of benzene rings is 1. The number of amides is 1. The molecule has 0 radical (unpaired) electrons. The molecule has 0 unspecified atom stereocenters. The summed E-state index contributed by atoms with van der Waals surface area (Å²) in [4.78, 5) is 15.9. The predicted octanol–water partition coefficient (Wildman–Crippen LogP) is 2.37. The minimum absolute atomic E-state index is 0.309. The zero-order valence-electron chi connectivity index (χ0n) is 9.51. The molecule has 5 heteroatoms. The molecule has 1 heterocycles. The van der Waals surface area contributed by atoms with E-state index in [9.17, 15) is 4.79 Å². The summed E-state index contributed by atoms with van der Waals surface area (Å²) in [7, 11) is 0. The van der Waals surface area contributed by atoms with Crippen LogP contribution in [0.2, 0.25) is 5.02 Å². The Morgan fingerprint density at radius 3 is 2.56 bits per heavy atom. The number of hydrogen-bond acceptors (Lipinski definition) is 3. The van der Waals surface area contributed by atoms with Gasteiger partial charge in [-0.1, -0.05) is 41.9 Å². The van der Waals surface area contributed by atoms with Gasteiger partial charge in [0.05, 0.1) is 5.02 Å². The fourth-order valence-corrected chi connectivity index (χ4v) is 1.58. The highest BCUT2D eigenvalue weighted by atomic mass is 35.5. The molecule has 0 fully saturated rings. The average Bonchev–Trinajstić information content (AvgIpc) is 2.41. The van der Waals surface area contributed by atoms with Gasteiger partial charge in [-0.05, 0) is 17.7 Å².